The van der Waals surface area contributed by atoms with Gasteiger partial charge in [-0.1, -0.05) is 59.9 Å². The van der Waals surface area contributed by atoms with Crippen LogP contribution in [0.2, 0.25) is 0 Å². The van der Waals surface area contributed by atoms with Crippen molar-refractivity contribution in [3.05, 3.63) is 66.4 Å². The van der Waals surface area contributed by atoms with E-state index in [1.54, 1.807) is 17.5 Å². The Balaban J connectivity index is 1.74. The van der Waals surface area contributed by atoms with E-state index in [-0.39, 0.29) is 5.97 Å². The number of carbonyl (C=O) groups is 1. The molecule has 0 spiro atoms. The lowest BCUT2D eigenvalue weighted by Crippen LogP contribution is -2.06. The van der Waals surface area contributed by atoms with Crippen LogP contribution in [-0.4, -0.2) is 27.2 Å². The number of carbonyl (C=O) groups excluding carboxylic acids is 1. The minimum Gasteiger partial charge on any atom is -0.462 e. The fourth-order valence-electron chi connectivity index (χ4n) is 2.61. The first-order valence-electron chi connectivity index (χ1n) is 7.94. The standard InChI is InChI=1S/C19H15N3O2S/c1-2-24-18(23)15-11-7-6-10-14(15)17-21-22-12-16(20-19(22)25-17)13-8-4-3-5-9-13/h3-12H,2H2,1H3. The fourth-order valence-corrected chi connectivity index (χ4v) is 3.53. The highest BCUT2D eigenvalue weighted by Gasteiger charge is 2.17. The predicted molar refractivity (Wildman–Crippen MR) is 97.7 cm³/mol. The Morgan fingerprint density at radius 1 is 1.12 bits per heavy atom. The van der Waals surface area contributed by atoms with Crippen molar-refractivity contribution in [2.24, 2.45) is 0 Å². The molecule has 0 atom stereocenters. The van der Waals surface area contributed by atoms with Crippen molar-refractivity contribution >= 4 is 22.3 Å². The monoisotopic (exact) mass is 349 g/mol. The Labute approximate surface area is 148 Å². The first-order valence-corrected chi connectivity index (χ1v) is 8.76. The summed E-state index contributed by atoms with van der Waals surface area (Å²) in [6, 6.07) is 17.3. The molecule has 2 heterocycles. The lowest BCUT2D eigenvalue weighted by molar-refractivity contribution is 0.0527. The normalized spacial score (nSPS) is 10.9. The lowest BCUT2D eigenvalue weighted by Gasteiger charge is -2.05. The summed E-state index contributed by atoms with van der Waals surface area (Å²) < 4.78 is 6.89. The number of fused-ring (bicyclic) bond motifs is 1. The molecule has 124 valence electrons. The molecule has 2 aromatic heterocycles. The van der Waals surface area contributed by atoms with E-state index in [2.05, 4.69) is 10.1 Å². The summed E-state index contributed by atoms with van der Waals surface area (Å²) in [5.41, 5.74) is 3.21. The van der Waals surface area contributed by atoms with E-state index in [0.717, 1.165) is 26.8 Å². The van der Waals surface area contributed by atoms with Gasteiger partial charge >= 0.3 is 5.97 Å². The summed E-state index contributed by atoms with van der Waals surface area (Å²) >= 11 is 1.45. The van der Waals surface area contributed by atoms with Crippen molar-refractivity contribution in [1.82, 2.24) is 14.6 Å². The summed E-state index contributed by atoms with van der Waals surface area (Å²) in [5, 5.41) is 5.34. The van der Waals surface area contributed by atoms with E-state index in [1.807, 2.05) is 54.7 Å². The minimum atomic E-state index is -0.337. The van der Waals surface area contributed by atoms with Gasteiger partial charge in [0.05, 0.1) is 24.1 Å². The lowest BCUT2D eigenvalue weighted by atomic mass is 10.1. The first kappa shape index (κ1) is 15.5. The smallest absolute Gasteiger partial charge is 0.338 e. The Morgan fingerprint density at radius 2 is 1.88 bits per heavy atom. The van der Waals surface area contributed by atoms with Crippen LogP contribution in [-0.2, 0) is 4.74 Å². The molecule has 0 bridgehead atoms. The van der Waals surface area contributed by atoms with Crippen LogP contribution in [0, 0.1) is 0 Å². The second-order valence-corrected chi connectivity index (χ2v) is 6.35. The van der Waals surface area contributed by atoms with Crippen molar-refractivity contribution < 1.29 is 9.53 Å². The Kier molecular flexibility index (Phi) is 4.03. The van der Waals surface area contributed by atoms with Crippen LogP contribution in [0.25, 0.3) is 26.8 Å². The largest absolute Gasteiger partial charge is 0.462 e. The van der Waals surface area contributed by atoms with E-state index in [0.29, 0.717) is 12.2 Å². The van der Waals surface area contributed by atoms with Crippen LogP contribution in [0.5, 0.6) is 0 Å². The zero-order valence-electron chi connectivity index (χ0n) is 13.5. The quantitative estimate of drug-likeness (QED) is 0.515. The summed E-state index contributed by atoms with van der Waals surface area (Å²) in [6.45, 7) is 2.14. The van der Waals surface area contributed by atoms with Gasteiger partial charge < -0.3 is 4.74 Å². The maximum Gasteiger partial charge on any atom is 0.338 e. The number of hydrogen-bond donors (Lipinski definition) is 0. The highest BCUT2D eigenvalue weighted by atomic mass is 32.1. The summed E-state index contributed by atoms with van der Waals surface area (Å²) in [6.07, 6.45) is 1.90. The van der Waals surface area contributed by atoms with E-state index >= 15 is 0 Å². The van der Waals surface area contributed by atoms with Crippen molar-refractivity contribution in [2.75, 3.05) is 6.61 Å². The maximum atomic E-state index is 12.2. The molecule has 0 N–H and O–H groups in total. The van der Waals surface area contributed by atoms with Gasteiger partial charge in [-0.05, 0) is 13.0 Å². The van der Waals surface area contributed by atoms with E-state index in [1.165, 1.54) is 11.3 Å². The molecular formula is C19H15N3O2S. The third-order valence-electron chi connectivity index (χ3n) is 3.77. The van der Waals surface area contributed by atoms with Gasteiger partial charge in [-0.3, -0.25) is 0 Å². The third kappa shape index (κ3) is 2.92. The van der Waals surface area contributed by atoms with E-state index < -0.39 is 0 Å². The van der Waals surface area contributed by atoms with Crippen LogP contribution in [0.4, 0.5) is 0 Å². The molecule has 0 saturated carbocycles. The second kappa shape index (κ2) is 6.49. The predicted octanol–water partition coefficient (Wildman–Crippen LogP) is 4.30. The van der Waals surface area contributed by atoms with Gasteiger partial charge in [-0.25, -0.2) is 14.3 Å². The average Bonchev–Trinajstić information content (AvgIpc) is 3.22. The van der Waals surface area contributed by atoms with Crippen LogP contribution >= 0.6 is 11.3 Å². The Morgan fingerprint density at radius 3 is 2.64 bits per heavy atom. The summed E-state index contributed by atoms with van der Waals surface area (Å²) in [7, 11) is 0. The molecule has 0 fully saturated rings. The molecular weight excluding hydrogens is 334 g/mol. The molecule has 2 aromatic carbocycles. The molecule has 0 saturated heterocycles. The van der Waals surface area contributed by atoms with Gasteiger partial charge in [0.15, 0.2) is 0 Å². The first-order chi connectivity index (χ1) is 12.3. The van der Waals surface area contributed by atoms with Crippen molar-refractivity contribution in [2.45, 2.75) is 6.92 Å². The molecule has 0 radical (unpaired) electrons. The van der Waals surface area contributed by atoms with Crippen LogP contribution in [0.3, 0.4) is 0 Å². The summed E-state index contributed by atoms with van der Waals surface area (Å²) in [5.74, 6) is -0.337. The number of esters is 1. The molecule has 5 nitrogen and oxygen atoms in total. The number of nitrogens with zero attached hydrogens (tertiary/aromatic N) is 3. The molecule has 0 unspecified atom stereocenters. The molecule has 0 aliphatic carbocycles. The molecule has 0 aliphatic rings. The Bertz CT molecular complexity index is 1010. The number of imidazole rings is 1. The molecule has 0 amide bonds. The van der Waals surface area contributed by atoms with Crippen molar-refractivity contribution in [1.29, 1.82) is 0 Å². The number of aromatic nitrogens is 3. The zero-order chi connectivity index (χ0) is 17.2. The summed E-state index contributed by atoms with van der Waals surface area (Å²) in [4.78, 5) is 17.6. The fraction of sp³-hybridized carbons (Fsp3) is 0.105. The van der Waals surface area contributed by atoms with Crippen LogP contribution in [0.15, 0.2) is 60.8 Å². The molecule has 0 aliphatic heterocycles. The van der Waals surface area contributed by atoms with Gasteiger partial charge in [0.2, 0.25) is 4.96 Å². The Hall–Kier alpha value is -2.99. The van der Waals surface area contributed by atoms with E-state index in [9.17, 15) is 4.79 Å². The average molecular weight is 349 g/mol. The zero-order valence-corrected chi connectivity index (χ0v) is 14.4. The van der Waals surface area contributed by atoms with Gasteiger partial charge in [0.25, 0.3) is 0 Å². The SMILES string of the molecule is CCOC(=O)c1ccccc1-c1nn2cc(-c3ccccc3)nc2s1. The molecule has 4 rings (SSSR count). The molecule has 25 heavy (non-hydrogen) atoms. The third-order valence-corrected chi connectivity index (χ3v) is 4.72. The van der Waals surface area contributed by atoms with Crippen molar-refractivity contribution in [3.63, 3.8) is 0 Å². The number of ether oxygens (including phenoxy) is 1. The van der Waals surface area contributed by atoms with Gasteiger partial charge in [0.1, 0.15) is 5.01 Å². The highest BCUT2D eigenvalue weighted by molar-refractivity contribution is 7.19. The van der Waals surface area contributed by atoms with Crippen LogP contribution in [0.1, 0.15) is 17.3 Å². The highest BCUT2D eigenvalue weighted by Crippen LogP contribution is 2.30. The molecule has 6 heteroatoms. The number of hydrogen-bond acceptors (Lipinski definition) is 5. The van der Waals surface area contributed by atoms with Gasteiger partial charge in [-0.2, -0.15) is 5.10 Å². The second-order valence-electron chi connectivity index (χ2n) is 5.39. The van der Waals surface area contributed by atoms with Crippen LogP contribution < -0.4 is 0 Å². The molecule has 4 aromatic rings. The number of benzene rings is 2. The van der Waals surface area contributed by atoms with Crippen molar-refractivity contribution in [3.8, 4) is 21.8 Å². The van der Waals surface area contributed by atoms with E-state index in [4.69, 9.17) is 4.74 Å². The topological polar surface area (TPSA) is 56.5 Å². The minimum absolute atomic E-state index is 0.337. The van der Waals surface area contributed by atoms with Gasteiger partial charge in [-0.15, -0.1) is 0 Å². The number of rotatable bonds is 4. The maximum absolute atomic E-state index is 12.2. The van der Waals surface area contributed by atoms with Gasteiger partial charge in [0, 0.05) is 11.1 Å².